The summed E-state index contributed by atoms with van der Waals surface area (Å²) in [5, 5.41) is 10.5. The van der Waals surface area contributed by atoms with Gasteiger partial charge in [0.05, 0.1) is 12.2 Å². The van der Waals surface area contributed by atoms with Gasteiger partial charge < -0.3 is 33.5 Å². The van der Waals surface area contributed by atoms with Crippen LogP contribution in [0.4, 0.5) is 0 Å². The van der Waals surface area contributed by atoms with Crippen molar-refractivity contribution in [3.8, 4) is 0 Å². The highest BCUT2D eigenvalue weighted by Gasteiger charge is 2.60. The molecule has 0 radical (unpaired) electrons. The number of rotatable bonds is 5. The van der Waals surface area contributed by atoms with E-state index in [1.165, 1.54) is 0 Å². The summed E-state index contributed by atoms with van der Waals surface area (Å²) >= 11 is 0. The monoisotopic (exact) mass is 420 g/mol. The number of hydrogen-bond donors (Lipinski definition) is 1. The summed E-state index contributed by atoms with van der Waals surface area (Å²) in [6, 6.07) is 8.79. The summed E-state index contributed by atoms with van der Waals surface area (Å²) in [4.78, 5) is 12.8. The van der Waals surface area contributed by atoms with Gasteiger partial charge in [0.2, 0.25) is 0 Å². The van der Waals surface area contributed by atoms with Gasteiger partial charge in [-0.25, -0.2) is 4.79 Å². The van der Waals surface area contributed by atoms with Crippen LogP contribution in [0.2, 0.25) is 0 Å². The second-order valence-electron chi connectivity index (χ2n) is 8.64. The average Bonchev–Trinajstić information content (AvgIpc) is 3.31. The first kappa shape index (κ1) is 21.4. The van der Waals surface area contributed by atoms with Crippen LogP contribution in [0.25, 0.3) is 0 Å². The van der Waals surface area contributed by atoms with E-state index >= 15 is 0 Å². The number of carbonyl (C=O) groups excluding carboxylic acids is 1. The Labute approximate surface area is 175 Å². The van der Waals surface area contributed by atoms with Gasteiger partial charge in [-0.15, -0.1) is 0 Å². The number of ether oxygens (including phenoxy) is 6. The van der Waals surface area contributed by atoms with Gasteiger partial charge in [0.25, 0.3) is 0 Å². The molecule has 4 rings (SSSR count). The fourth-order valence-corrected chi connectivity index (χ4v) is 3.96. The predicted octanol–water partition coefficient (Wildman–Crippen LogP) is 2.22. The lowest BCUT2D eigenvalue weighted by Crippen LogP contribution is -2.45. The number of carbonyl (C=O) groups is 1. The van der Waals surface area contributed by atoms with Crippen LogP contribution in [0, 0.1) is 0 Å². The van der Waals surface area contributed by atoms with Crippen LogP contribution in [0.1, 0.15) is 39.4 Å². The summed E-state index contributed by atoms with van der Waals surface area (Å²) in [6.07, 6.45) is -4.45. The number of benzene rings is 1. The fraction of sp³-hybridized carbons (Fsp3) is 0.591. The Hall–Kier alpha value is -1.81. The topological polar surface area (TPSA) is 92.7 Å². The molecule has 0 amide bonds. The zero-order valence-electron chi connectivity index (χ0n) is 17.6. The van der Waals surface area contributed by atoms with E-state index in [1.807, 2.05) is 6.07 Å². The Morgan fingerprint density at radius 2 is 1.80 bits per heavy atom. The smallest absolute Gasteiger partial charge is 0.336 e. The number of fused-ring (bicyclic) bond motifs is 1. The number of aliphatic hydroxyl groups is 1. The third kappa shape index (κ3) is 4.16. The SMILES string of the molecule is C=C(C(=O)O[C@@H]1[C@H]2OC(C)(C)O[C@H]2O[C@@H]1[C@H]1COC(C)(C)O1)[C@H](O)c1ccccc1. The van der Waals surface area contributed by atoms with Crippen molar-refractivity contribution < 1.29 is 38.3 Å². The molecule has 0 spiro atoms. The molecule has 0 bridgehead atoms. The van der Waals surface area contributed by atoms with E-state index in [1.54, 1.807) is 52.0 Å². The Balaban J connectivity index is 1.51. The van der Waals surface area contributed by atoms with Gasteiger partial charge in [0, 0.05) is 0 Å². The van der Waals surface area contributed by atoms with E-state index in [4.69, 9.17) is 28.4 Å². The molecular formula is C22H28O8. The van der Waals surface area contributed by atoms with Gasteiger partial charge in [0.15, 0.2) is 30.1 Å². The van der Waals surface area contributed by atoms with Crippen LogP contribution in [0.15, 0.2) is 42.5 Å². The highest BCUT2D eigenvalue weighted by molar-refractivity contribution is 5.89. The van der Waals surface area contributed by atoms with Gasteiger partial charge in [-0.05, 0) is 33.3 Å². The Bertz CT molecular complexity index is 805. The van der Waals surface area contributed by atoms with E-state index in [-0.39, 0.29) is 12.2 Å². The van der Waals surface area contributed by atoms with Crippen LogP contribution in [0.3, 0.4) is 0 Å². The maximum Gasteiger partial charge on any atom is 0.336 e. The molecule has 3 fully saturated rings. The molecule has 164 valence electrons. The number of aliphatic hydroxyl groups excluding tert-OH is 1. The zero-order chi connectivity index (χ0) is 21.7. The maximum atomic E-state index is 12.8. The summed E-state index contributed by atoms with van der Waals surface area (Å²) in [5.41, 5.74) is 0.470. The average molecular weight is 420 g/mol. The molecule has 6 atom stereocenters. The van der Waals surface area contributed by atoms with Crippen LogP contribution < -0.4 is 0 Å². The van der Waals surface area contributed by atoms with Crippen molar-refractivity contribution in [1.82, 2.24) is 0 Å². The fourth-order valence-electron chi connectivity index (χ4n) is 3.96. The molecule has 0 aromatic heterocycles. The Morgan fingerprint density at radius 1 is 1.10 bits per heavy atom. The van der Waals surface area contributed by atoms with Crippen molar-refractivity contribution in [2.24, 2.45) is 0 Å². The molecule has 1 aromatic carbocycles. The standard InChI is InChI=1S/C22H28O8/c1-12(15(23)13-9-7-6-8-10-13)19(24)26-17-16(14-11-25-21(2,3)28-14)27-20-18(17)29-22(4,5)30-20/h6-10,14-18,20,23H,1,11H2,2-5H3/t14-,15+,16-,17+,18-,20-/m1/s1. The lowest BCUT2D eigenvalue weighted by Gasteiger charge is -2.29. The lowest BCUT2D eigenvalue weighted by atomic mass is 10.0. The van der Waals surface area contributed by atoms with Crippen LogP contribution in [-0.2, 0) is 33.2 Å². The molecule has 0 unspecified atom stereocenters. The van der Waals surface area contributed by atoms with Gasteiger partial charge in [-0.1, -0.05) is 36.9 Å². The van der Waals surface area contributed by atoms with Crippen LogP contribution in [-0.4, -0.2) is 60.0 Å². The second-order valence-corrected chi connectivity index (χ2v) is 8.64. The number of hydrogen-bond acceptors (Lipinski definition) is 8. The first-order chi connectivity index (χ1) is 14.1. The molecule has 3 heterocycles. The molecule has 30 heavy (non-hydrogen) atoms. The minimum Gasteiger partial charge on any atom is -0.453 e. The number of esters is 1. The van der Waals surface area contributed by atoms with E-state index in [0.717, 1.165) is 0 Å². The van der Waals surface area contributed by atoms with Gasteiger partial charge in [-0.2, -0.15) is 0 Å². The third-order valence-corrected chi connectivity index (χ3v) is 5.37. The summed E-state index contributed by atoms with van der Waals surface area (Å²) < 4.78 is 35.1. The molecule has 0 saturated carbocycles. The van der Waals surface area contributed by atoms with Crippen molar-refractivity contribution in [2.45, 2.75) is 76.1 Å². The summed E-state index contributed by atoms with van der Waals surface area (Å²) in [6.45, 7) is 11.2. The molecule has 3 aliphatic heterocycles. The van der Waals surface area contributed by atoms with E-state index in [9.17, 15) is 9.90 Å². The van der Waals surface area contributed by atoms with Crippen molar-refractivity contribution in [3.05, 3.63) is 48.0 Å². The molecule has 1 aromatic rings. The summed E-state index contributed by atoms with van der Waals surface area (Å²) in [7, 11) is 0. The van der Waals surface area contributed by atoms with Gasteiger partial charge >= 0.3 is 5.97 Å². The van der Waals surface area contributed by atoms with Gasteiger partial charge in [0.1, 0.15) is 18.3 Å². The molecule has 1 N–H and O–H groups in total. The molecule has 3 aliphatic rings. The van der Waals surface area contributed by atoms with Crippen molar-refractivity contribution in [3.63, 3.8) is 0 Å². The third-order valence-electron chi connectivity index (χ3n) is 5.37. The first-order valence-electron chi connectivity index (χ1n) is 10.0. The largest absolute Gasteiger partial charge is 0.453 e. The summed E-state index contributed by atoms with van der Waals surface area (Å²) in [5.74, 6) is -2.39. The highest BCUT2D eigenvalue weighted by atomic mass is 16.8. The van der Waals surface area contributed by atoms with E-state index in [2.05, 4.69) is 6.58 Å². The Kier molecular flexibility index (Phi) is 5.50. The molecule has 0 aliphatic carbocycles. The highest BCUT2D eigenvalue weighted by Crippen LogP contribution is 2.42. The molecular weight excluding hydrogens is 392 g/mol. The quantitative estimate of drug-likeness (QED) is 0.573. The van der Waals surface area contributed by atoms with Gasteiger partial charge in [-0.3, -0.25) is 0 Å². The van der Waals surface area contributed by atoms with Crippen molar-refractivity contribution in [1.29, 1.82) is 0 Å². The zero-order valence-corrected chi connectivity index (χ0v) is 17.6. The van der Waals surface area contributed by atoms with Crippen LogP contribution in [0.5, 0.6) is 0 Å². The van der Waals surface area contributed by atoms with Crippen molar-refractivity contribution >= 4 is 5.97 Å². The minimum atomic E-state index is -1.18. The second kappa shape index (κ2) is 7.71. The lowest BCUT2D eigenvalue weighted by molar-refractivity contribution is -0.235. The molecule has 8 nitrogen and oxygen atoms in total. The predicted molar refractivity (Wildman–Crippen MR) is 104 cm³/mol. The maximum absolute atomic E-state index is 12.8. The molecule has 3 saturated heterocycles. The first-order valence-corrected chi connectivity index (χ1v) is 10.0. The van der Waals surface area contributed by atoms with Crippen LogP contribution >= 0.6 is 0 Å². The Morgan fingerprint density at radius 3 is 2.43 bits per heavy atom. The normalized spacial score (nSPS) is 35.0. The van der Waals surface area contributed by atoms with E-state index in [0.29, 0.717) is 5.56 Å². The van der Waals surface area contributed by atoms with Crippen molar-refractivity contribution in [2.75, 3.05) is 6.61 Å². The van der Waals surface area contributed by atoms with E-state index < -0.39 is 54.4 Å². The minimum absolute atomic E-state index is 0.0782. The molecule has 8 heteroatoms.